The molecule has 0 atom stereocenters. The summed E-state index contributed by atoms with van der Waals surface area (Å²) >= 11 is 5.98. The van der Waals surface area contributed by atoms with E-state index in [-0.39, 0.29) is 0 Å². The van der Waals surface area contributed by atoms with Crippen molar-refractivity contribution < 1.29 is 0 Å². The topological polar surface area (TPSA) is 46.0 Å². The molecule has 4 rings (SSSR count). The largest absolute Gasteiger partial charge is 0.338 e. The lowest BCUT2D eigenvalue weighted by atomic mass is 10.2. The van der Waals surface area contributed by atoms with E-state index in [0.717, 1.165) is 27.9 Å². The summed E-state index contributed by atoms with van der Waals surface area (Å²) in [5, 5.41) is 5.01. The van der Waals surface area contributed by atoms with Gasteiger partial charge in [0.1, 0.15) is 5.82 Å². The lowest BCUT2D eigenvalue weighted by molar-refractivity contribution is 0.961. The molecule has 92 valence electrons. The van der Waals surface area contributed by atoms with Crippen LogP contribution in [-0.2, 0) is 0 Å². The minimum Gasteiger partial charge on any atom is -0.338 e. The molecular weight excluding hydrogens is 260 g/mol. The molecule has 4 nitrogen and oxygen atoms in total. The van der Waals surface area contributed by atoms with E-state index < -0.39 is 0 Å². The number of imidazole rings is 1. The number of hydrogen-bond acceptors (Lipinski definition) is 2. The first kappa shape index (κ1) is 10.6. The lowest BCUT2D eigenvalue weighted by Gasteiger charge is -1.93. The molecule has 1 N–H and O–H groups in total. The van der Waals surface area contributed by atoms with E-state index in [4.69, 9.17) is 11.6 Å². The van der Waals surface area contributed by atoms with Crippen molar-refractivity contribution in [1.29, 1.82) is 0 Å². The van der Waals surface area contributed by atoms with Crippen LogP contribution in [0.5, 0.6) is 0 Å². The zero-order valence-corrected chi connectivity index (χ0v) is 10.6. The molecule has 3 aromatic heterocycles. The molecule has 4 aromatic rings. The van der Waals surface area contributed by atoms with Crippen molar-refractivity contribution in [1.82, 2.24) is 19.6 Å². The molecule has 1 aromatic carbocycles. The number of H-pyrrole nitrogens is 1. The molecule has 0 bridgehead atoms. The average Bonchev–Trinajstić information content (AvgIpc) is 3.00. The van der Waals surface area contributed by atoms with Crippen molar-refractivity contribution in [2.45, 2.75) is 0 Å². The molecule has 0 saturated carbocycles. The summed E-state index contributed by atoms with van der Waals surface area (Å²) in [7, 11) is 0. The van der Waals surface area contributed by atoms with Crippen LogP contribution in [0.3, 0.4) is 0 Å². The highest BCUT2D eigenvalue weighted by Gasteiger charge is 2.10. The van der Waals surface area contributed by atoms with Crippen LogP contribution in [0.15, 0.2) is 48.8 Å². The van der Waals surface area contributed by atoms with Gasteiger partial charge in [0, 0.05) is 11.2 Å². The Labute approximate surface area is 113 Å². The number of pyridine rings is 1. The summed E-state index contributed by atoms with van der Waals surface area (Å²) in [6.07, 6.45) is 3.73. The Balaban J connectivity index is 1.99. The first-order chi connectivity index (χ1) is 9.31. The van der Waals surface area contributed by atoms with Crippen LogP contribution in [0.2, 0.25) is 5.02 Å². The summed E-state index contributed by atoms with van der Waals surface area (Å²) in [5.74, 6) is 0.804. The van der Waals surface area contributed by atoms with Gasteiger partial charge in [-0.15, -0.1) is 0 Å². The summed E-state index contributed by atoms with van der Waals surface area (Å²) in [6.45, 7) is 0. The van der Waals surface area contributed by atoms with E-state index >= 15 is 0 Å². The van der Waals surface area contributed by atoms with Crippen LogP contribution in [-0.4, -0.2) is 19.6 Å². The first-order valence-electron chi connectivity index (χ1n) is 5.89. The number of nitrogens with one attached hydrogen (secondary N) is 1. The normalized spacial score (nSPS) is 11.4. The number of aromatic nitrogens is 4. The van der Waals surface area contributed by atoms with Crippen LogP contribution in [0, 0.1) is 0 Å². The number of benzene rings is 1. The van der Waals surface area contributed by atoms with Crippen LogP contribution >= 0.6 is 11.6 Å². The SMILES string of the molecule is Clc1ccc2nc(-c3cnn4ccccc34)[nH]c2c1. The zero-order valence-electron chi connectivity index (χ0n) is 9.84. The summed E-state index contributed by atoms with van der Waals surface area (Å²) in [4.78, 5) is 7.86. The number of fused-ring (bicyclic) bond motifs is 2. The van der Waals surface area contributed by atoms with Crippen molar-refractivity contribution in [2.75, 3.05) is 0 Å². The summed E-state index contributed by atoms with van der Waals surface area (Å²) < 4.78 is 1.83. The Bertz CT molecular complexity index is 891. The van der Waals surface area contributed by atoms with Crippen LogP contribution in [0.4, 0.5) is 0 Å². The van der Waals surface area contributed by atoms with Gasteiger partial charge in [0.15, 0.2) is 0 Å². The van der Waals surface area contributed by atoms with E-state index in [1.54, 1.807) is 0 Å². The second-order valence-corrected chi connectivity index (χ2v) is 4.77. The summed E-state index contributed by atoms with van der Waals surface area (Å²) in [5.41, 5.74) is 3.83. The van der Waals surface area contributed by atoms with Gasteiger partial charge < -0.3 is 4.98 Å². The van der Waals surface area contributed by atoms with Gasteiger partial charge in [-0.2, -0.15) is 5.10 Å². The van der Waals surface area contributed by atoms with E-state index in [1.807, 2.05) is 53.3 Å². The minimum absolute atomic E-state index is 0.697. The van der Waals surface area contributed by atoms with Gasteiger partial charge in [-0.05, 0) is 30.3 Å². The van der Waals surface area contributed by atoms with Crippen molar-refractivity contribution in [2.24, 2.45) is 0 Å². The maximum absolute atomic E-state index is 5.98. The van der Waals surface area contributed by atoms with E-state index in [9.17, 15) is 0 Å². The van der Waals surface area contributed by atoms with Gasteiger partial charge >= 0.3 is 0 Å². The molecule has 3 heterocycles. The van der Waals surface area contributed by atoms with Gasteiger partial charge in [-0.1, -0.05) is 17.7 Å². The fourth-order valence-corrected chi connectivity index (χ4v) is 2.40. The van der Waals surface area contributed by atoms with Gasteiger partial charge in [0.25, 0.3) is 0 Å². The fourth-order valence-electron chi connectivity index (χ4n) is 2.23. The van der Waals surface area contributed by atoms with E-state index in [0.29, 0.717) is 5.02 Å². The smallest absolute Gasteiger partial charge is 0.142 e. The summed E-state index contributed by atoms with van der Waals surface area (Å²) in [6, 6.07) is 11.6. The number of nitrogens with zero attached hydrogens (tertiary/aromatic N) is 3. The Morgan fingerprint density at radius 3 is 3.05 bits per heavy atom. The highest BCUT2D eigenvalue weighted by molar-refractivity contribution is 6.31. The monoisotopic (exact) mass is 268 g/mol. The first-order valence-corrected chi connectivity index (χ1v) is 6.27. The Morgan fingerprint density at radius 1 is 1.16 bits per heavy atom. The molecule has 0 spiro atoms. The van der Waals surface area contributed by atoms with E-state index in [2.05, 4.69) is 15.1 Å². The molecule has 0 aliphatic carbocycles. The third kappa shape index (κ3) is 1.61. The zero-order chi connectivity index (χ0) is 12.8. The third-order valence-corrected chi connectivity index (χ3v) is 3.36. The Hall–Kier alpha value is -2.33. The quantitative estimate of drug-likeness (QED) is 0.574. The maximum atomic E-state index is 5.98. The highest BCUT2D eigenvalue weighted by Crippen LogP contribution is 2.25. The number of halogens is 1. The molecule has 0 saturated heterocycles. The molecular formula is C14H9ClN4. The Kier molecular flexibility index (Phi) is 2.13. The molecule has 0 radical (unpaired) electrons. The number of hydrogen-bond donors (Lipinski definition) is 1. The fraction of sp³-hybridized carbons (Fsp3) is 0. The van der Waals surface area contributed by atoms with Crippen molar-refractivity contribution in [3.8, 4) is 11.4 Å². The molecule has 0 aliphatic heterocycles. The second-order valence-electron chi connectivity index (χ2n) is 4.34. The lowest BCUT2D eigenvalue weighted by Crippen LogP contribution is -1.84. The van der Waals surface area contributed by atoms with Crippen LogP contribution in [0.1, 0.15) is 0 Å². The van der Waals surface area contributed by atoms with Crippen molar-refractivity contribution >= 4 is 28.2 Å². The predicted molar refractivity (Wildman–Crippen MR) is 75.3 cm³/mol. The molecule has 0 amide bonds. The van der Waals surface area contributed by atoms with Crippen molar-refractivity contribution in [3.05, 3.63) is 53.8 Å². The average molecular weight is 269 g/mol. The maximum Gasteiger partial charge on any atom is 0.142 e. The van der Waals surface area contributed by atoms with Crippen LogP contribution in [0.25, 0.3) is 27.9 Å². The Morgan fingerprint density at radius 2 is 2.11 bits per heavy atom. The standard InChI is InChI=1S/C14H9ClN4/c15-9-4-5-11-12(7-9)18-14(17-11)10-8-16-19-6-2-1-3-13(10)19/h1-8H,(H,17,18). The molecule has 0 aliphatic rings. The number of aromatic amines is 1. The van der Waals surface area contributed by atoms with Gasteiger partial charge in [-0.3, -0.25) is 0 Å². The minimum atomic E-state index is 0.697. The second kappa shape index (κ2) is 3.83. The molecule has 0 unspecified atom stereocenters. The van der Waals surface area contributed by atoms with E-state index in [1.165, 1.54) is 0 Å². The molecule has 5 heteroatoms. The number of rotatable bonds is 1. The van der Waals surface area contributed by atoms with Crippen LogP contribution < -0.4 is 0 Å². The molecule has 0 fully saturated rings. The van der Waals surface area contributed by atoms with Gasteiger partial charge in [-0.25, -0.2) is 9.50 Å². The van der Waals surface area contributed by atoms with Gasteiger partial charge in [0.05, 0.1) is 28.3 Å². The third-order valence-electron chi connectivity index (χ3n) is 3.13. The molecule has 19 heavy (non-hydrogen) atoms. The predicted octanol–water partition coefficient (Wildman–Crippen LogP) is 3.53. The van der Waals surface area contributed by atoms with Gasteiger partial charge in [0.2, 0.25) is 0 Å². The highest BCUT2D eigenvalue weighted by atomic mass is 35.5. The van der Waals surface area contributed by atoms with Crippen molar-refractivity contribution in [3.63, 3.8) is 0 Å².